The van der Waals surface area contributed by atoms with Gasteiger partial charge in [0.15, 0.2) is 0 Å². The smallest absolute Gasteiger partial charge is 0.0477 e. The molecular weight excluding hydrogens is 210 g/mol. The summed E-state index contributed by atoms with van der Waals surface area (Å²) in [5.74, 6) is 0. The lowest BCUT2D eigenvalue weighted by atomic mass is 10.0. The normalized spacial score (nSPS) is 10.8. The number of ether oxygens (including phenoxy) is 1. The van der Waals surface area contributed by atoms with Crippen LogP contribution in [0.5, 0.6) is 0 Å². The molecule has 0 saturated heterocycles. The van der Waals surface area contributed by atoms with Crippen LogP contribution in [0.25, 0.3) is 0 Å². The summed E-state index contributed by atoms with van der Waals surface area (Å²) in [6.45, 7) is 12.2. The quantitative estimate of drug-likeness (QED) is 0.733. The SMILES string of the molecule is CCOCCCNCc1cc(C)c(C)cc1C. The maximum atomic E-state index is 5.30. The van der Waals surface area contributed by atoms with Crippen LogP contribution in [0.3, 0.4) is 0 Å². The molecule has 0 heterocycles. The number of hydrogen-bond acceptors (Lipinski definition) is 2. The van der Waals surface area contributed by atoms with Gasteiger partial charge in [0.25, 0.3) is 0 Å². The number of nitrogens with one attached hydrogen (secondary N) is 1. The van der Waals surface area contributed by atoms with E-state index >= 15 is 0 Å². The first-order valence-corrected chi connectivity index (χ1v) is 6.50. The molecule has 1 rings (SSSR count). The van der Waals surface area contributed by atoms with Crippen LogP contribution in [-0.2, 0) is 11.3 Å². The molecule has 1 aromatic rings. The van der Waals surface area contributed by atoms with E-state index < -0.39 is 0 Å². The number of benzene rings is 1. The van der Waals surface area contributed by atoms with Gasteiger partial charge in [-0.3, -0.25) is 0 Å². The van der Waals surface area contributed by atoms with Gasteiger partial charge in [-0.05, 0) is 62.9 Å². The summed E-state index contributed by atoms with van der Waals surface area (Å²) in [6.07, 6.45) is 1.08. The highest BCUT2D eigenvalue weighted by Crippen LogP contribution is 2.14. The molecule has 0 radical (unpaired) electrons. The molecule has 1 N–H and O–H groups in total. The maximum Gasteiger partial charge on any atom is 0.0477 e. The van der Waals surface area contributed by atoms with Crippen molar-refractivity contribution in [1.29, 1.82) is 0 Å². The van der Waals surface area contributed by atoms with Crippen molar-refractivity contribution in [2.75, 3.05) is 19.8 Å². The first-order chi connectivity index (χ1) is 8.15. The predicted molar refractivity (Wildman–Crippen MR) is 73.5 cm³/mol. The van der Waals surface area contributed by atoms with E-state index in [1.54, 1.807) is 0 Å². The minimum absolute atomic E-state index is 0.816. The average molecular weight is 235 g/mol. The van der Waals surface area contributed by atoms with E-state index in [9.17, 15) is 0 Å². The van der Waals surface area contributed by atoms with Crippen LogP contribution >= 0.6 is 0 Å². The Kier molecular flexibility index (Phi) is 6.23. The largest absolute Gasteiger partial charge is 0.382 e. The summed E-state index contributed by atoms with van der Waals surface area (Å²) in [5.41, 5.74) is 5.54. The minimum atomic E-state index is 0.816. The fourth-order valence-corrected chi connectivity index (χ4v) is 1.88. The molecule has 0 bridgehead atoms. The van der Waals surface area contributed by atoms with Crippen LogP contribution in [0.1, 0.15) is 35.6 Å². The first-order valence-electron chi connectivity index (χ1n) is 6.50. The fourth-order valence-electron chi connectivity index (χ4n) is 1.88. The van der Waals surface area contributed by atoms with Gasteiger partial charge < -0.3 is 10.1 Å². The van der Waals surface area contributed by atoms with Crippen molar-refractivity contribution in [2.24, 2.45) is 0 Å². The predicted octanol–water partition coefficient (Wildman–Crippen LogP) is 3.13. The zero-order valence-electron chi connectivity index (χ0n) is 11.6. The van der Waals surface area contributed by atoms with Crippen LogP contribution in [-0.4, -0.2) is 19.8 Å². The van der Waals surface area contributed by atoms with Crippen molar-refractivity contribution in [3.05, 3.63) is 34.4 Å². The van der Waals surface area contributed by atoms with Crippen molar-refractivity contribution < 1.29 is 4.74 Å². The summed E-state index contributed by atoms with van der Waals surface area (Å²) >= 11 is 0. The van der Waals surface area contributed by atoms with Gasteiger partial charge >= 0.3 is 0 Å². The van der Waals surface area contributed by atoms with Gasteiger partial charge in [0.2, 0.25) is 0 Å². The Morgan fingerprint density at radius 1 is 1.06 bits per heavy atom. The fraction of sp³-hybridized carbons (Fsp3) is 0.600. The first kappa shape index (κ1) is 14.2. The zero-order chi connectivity index (χ0) is 12.7. The molecule has 1 aromatic carbocycles. The molecule has 0 unspecified atom stereocenters. The molecule has 96 valence electrons. The minimum Gasteiger partial charge on any atom is -0.382 e. The van der Waals surface area contributed by atoms with E-state index in [1.165, 1.54) is 22.3 Å². The second kappa shape index (κ2) is 7.46. The van der Waals surface area contributed by atoms with E-state index in [2.05, 4.69) is 38.2 Å². The van der Waals surface area contributed by atoms with Crippen molar-refractivity contribution in [2.45, 2.75) is 40.7 Å². The number of hydrogen-bond donors (Lipinski definition) is 1. The van der Waals surface area contributed by atoms with Crippen molar-refractivity contribution in [3.8, 4) is 0 Å². The van der Waals surface area contributed by atoms with Gasteiger partial charge in [0.05, 0.1) is 0 Å². The van der Waals surface area contributed by atoms with Crippen LogP contribution in [0.2, 0.25) is 0 Å². The van der Waals surface area contributed by atoms with E-state index in [0.717, 1.165) is 32.7 Å². The zero-order valence-corrected chi connectivity index (χ0v) is 11.6. The third kappa shape index (κ3) is 4.88. The second-order valence-corrected chi connectivity index (χ2v) is 4.59. The Morgan fingerprint density at radius 3 is 2.47 bits per heavy atom. The van der Waals surface area contributed by atoms with Gasteiger partial charge in [-0.1, -0.05) is 12.1 Å². The molecule has 0 aliphatic carbocycles. The molecule has 0 aliphatic rings. The lowest BCUT2D eigenvalue weighted by Crippen LogP contribution is -2.17. The van der Waals surface area contributed by atoms with Crippen LogP contribution < -0.4 is 5.32 Å². The van der Waals surface area contributed by atoms with E-state index in [1.807, 2.05) is 6.92 Å². The summed E-state index contributed by atoms with van der Waals surface area (Å²) < 4.78 is 5.30. The van der Waals surface area contributed by atoms with Gasteiger partial charge in [-0.25, -0.2) is 0 Å². The molecule has 2 nitrogen and oxygen atoms in total. The summed E-state index contributed by atoms with van der Waals surface area (Å²) in [4.78, 5) is 0. The Balaban J connectivity index is 2.34. The lowest BCUT2D eigenvalue weighted by molar-refractivity contribution is 0.144. The van der Waals surface area contributed by atoms with Gasteiger partial charge in [0.1, 0.15) is 0 Å². The molecule has 0 aliphatic heterocycles. The Morgan fingerprint density at radius 2 is 1.76 bits per heavy atom. The molecule has 0 amide bonds. The molecule has 0 fully saturated rings. The monoisotopic (exact) mass is 235 g/mol. The number of aryl methyl sites for hydroxylation is 3. The highest BCUT2D eigenvalue weighted by molar-refractivity contribution is 5.36. The van der Waals surface area contributed by atoms with E-state index in [0.29, 0.717) is 0 Å². The topological polar surface area (TPSA) is 21.3 Å². The molecule has 0 aromatic heterocycles. The maximum absolute atomic E-state index is 5.30. The van der Waals surface area contributed by atoms with Crippen LogP contribution in [0.15, 0.2) is 12.1 Å². The Labute approximate surface area is 105 Å². The van der Waals surface area contributed by atoms with Gasteiger partial charge in [-0.15, -0.1) is 0 Å². The van der Waals surface area contributed by atoms with Gasteiger partial charge in [0, 0.05) is 19.8 Å². The average Bonchev–Trinajstić information content (AvgIpc) is 2.30. The standard InChI is InChI=1S/C15H25NO/c1-5-17-8-6-7-16-11-15-10-13(3)12(2)9-14(15)4/h9-10,16H,5-8,11H2,1-4H3. The van der Waals surface area contributed by atoms with Crippen molar-refractivity contribution >= 4 is 0 Å². The third-order valence-electron chi connectivity index (χ3n) is 3.11. The third-order valence-corrected chi connectivity index (χ3v) is 3.11. The van der Waals surface area contributed by atoms with Gasteiger partial charge in [-0.2, -0.15) is 0 Å². The van der Waals surface area contributed by atoms with Crippen LogP contribution in [0.4, 0.5) is 0 Å². The second-order valence-electron chi connectivity index (χ2n) is 4.59. The summed E-state index contributed by atoms with van der Waals surface area (Å²) in [5, 5.41) is 3.47. The molecule has 0 saturated carbocycles. The molecule has 0 atom stereocenters. The number of rotatable bonds is 7. The van der Waals surface area contributed by atoms with E-state index in [4.69, 9.17) is 4.74 Å². The van der Waals surface area contributed by atoms with Crippen molar-refractivity contribution in [1.82, 2.24) is 5.32 Å². The highest BCUT2D eigenvalue weighted by Gasteiger charge is 2.01. The molecular formula is C15H25NO. The lowest BCUT2D eigenvalue weighted by Gasteiger charge is -2.11. The van der Waals surface area contributed by atoms with E-state index in [-0.39, 0.29) is 0 Å². The molecule has 2 heteroatoms. The Hall–Kier alpha value is -0.860. The molecule has 0 spiro atoms. The van der Waals surface area contributed by atoms with Crippen molar-refractivity contribution in [3.63, 3.8) is 0 Å². The summed E-state index contributed by atoms with van der Waals surface area (Å²) in [6, 6.07) is 4.56. The Bertz CT molecular complexity index is 347. The highest BCUT2D eigenvalue weighted by atomic mass is 16.5. The molecule has 17 heavy (non-hydrogen) atoms. The summed E-state index contributed by atoms with van der Waals surface area (Å²) in [7, 11) is 0. The van der Waals surface area contributed by atoms with Crippen LogP contribution in [0, 0.1) is 20.8 Å².